The third-order valence-corrected chi connectivity index (χ3v) is 2.43. The van der Waals surface area contributed by atoms with Crippen molar-refractivity contribution in [2.24, 2.45) is 5.73 Å². The Hall–Kier alpha value is -0.900. The van der Waals surface area contributed by atoms with Gasteiger partial charge >= 0.3 is 0 Å². The van der Waals surface area contributed by atoms with Crippen LogP contribution in [0.3, 0.4) is 0 Å². The number of rotatable bonds is 2. The standard InChI is InChI=1S/C8H14N4/c1-6(5-9)8-11-10-7-3-2-4-12(7)8/h6H,2-5,9H2,1H3. The summed E-state index contributed by atoms with van der Waals surface area (Å²) in [5.41, 5.74) is 5.58. The minimum Gasteiger partial charge on any atom is -0.330 e. The van der Waals surface area contributed by atoms with E-state index in [9.17, 15) is 0 Å². The molecule has 2 N–H and O–H groups in total. The molecule has 0 spiro atoms. The molecule has 2 heterocycles. The van der Waals surface area contributed by atoms with Crippen LogP contribution in [-0.4, -0.2) is 21.3 Å². The Labute approximate surface area is 71.8 Å². The van der Waals surface area contributed by atoms with Crippen molar-refractivity contribution in [3.63, 3.8) is 0 Å². The second-order valence-electron chi connectivity index (χ2n) is 3.37. The van der Waals surface area contributed by atoms with Crippen LogP contribution in [0.2, 0.25) is 0 Å². The fraction of sp³-hybridized carbons (Fsp3) is 0.750. The summed E-state index contributed by atoms with van der Waals surface area (Å²) in [6.45, 7) is 3.82. The van der Waals surface area contributed by atoms with E-state index in [1.165, 1.54) is 6.42 Å². The first kappa shape index (κ1) is 7.73. The first-order valence-corrected chi connectivity index (χ1v) is 4.45. The Morgan fingerprint density at radius 3 is 3.17 bits per heavy atom. The van der Waals surface area contributed by atoms with Crippen LogP contribution >= 0.6 is 0 Å². The van der Waals surface area contributed by atoms with Gasteiger partial charge in [-0.25, -0.2) is 0 Å². The molecular formula is C8H14N4. The Morgan fingerprint density at radius 1 is 1.58 bits per heavy atom. The molecule has 0 saturated heterocycles. The highest BCUT2D eigenvalue weighted by atomic mass is 15.3. The number of fused-ring (bicyclic) bond motifs is 1. The maximum atomic E-state index is 5.58. The zero-order valence-electron chi connectivity index (χ0n) is 7.32. The van der Waals surface area contributed by atoms with Crippen molar-refractivity contribution in [1.82, 2.24) is 14.8 Å². The van der Waals surface area contributed by atoms with Crippen LogP contribution < -0.4 is 5.73 Å². The third-order valence-electron chi connectivity index (χ3n) is 2.43. The lowest BCUT2D eigenvalue weighted by atomic mass is 10.2. The largest absolute Gasteiger partial charge is 0.330 e. The van der Waals surface area contributed by atoms with E-state index in [-0.39, 0.29) is 0 Å². The number of hydrogen-bond donors (Lipinski definition) is 1. The SMILES string of the molecule is CC(CN)c1nnc2n1CCC2. The van der Waals surface area contributed by atoms with Gasteiger partial charge in [-0.1, -0.05) is 6.92 Å². The maximum Gasteiger partial charge on any atom is 0.137 e. The van der Waals surface area contributed by atoms with Crippen molar-refractivity contribution in [2.75, 3.05) is 6.54 Å². The van der Waals surface area contributed by atoms with Crippen LogP contribution in [0.5, 0.6) is 0 Å². The van der Waals surface area contributed by atoms with Crippen molar-refractivity contribution < 1.29 is 0 Å². The zero-order chi connectivity index (χ0) is 8.55. The molecule has 1 unspecified atom stereocenters. The van der Waals surface area contributed by atoms with Gasteiger partial charge in [-0.2, -0.15) is 0 Å². The zero-order valence-corrected chi connectivity index (χ0v) is 7.32. The van der Waals surface area contributed by atoms with Gasteiger partial charge in [0.25, 0.3) is 0 Å². The second-order valence-corrected chi connectivity index (χ2v) is 3.37. The summed E-state index contributed by atoms with van der Waals surface area (Å²) in [5, 5.41) is 8.26. The summed E-state index contributed by atoms with van der Waals surface area (Å²) in [4.78, 5) is 0. The molecule has 12 heavy (non-hydrogen) atoms. The molecule has 66 valence electrons. The van der Waals surface area contributed by atoms with Crippen LogP contribution in [0.1, 0.15) is 30.9 Å². The smallest absolute Gasteiger partial charge is 0.137 e. The van der Waals surface area contributed by atoms with Crippen LogP contribution in [-0.2, 0) is 13.0 Å². The number of nitrogens with two attached hydrogens (primary N) is 1. The number of aryl methyl sites for hydroxylation is 1. The van der Waals surface area contributed by atoms with Crippen molar-refractivity contribution in [3.8, 4) is 0 Å². The van der Waals surface area contributed by atoms with Crippen molar-refractivity contribution in [2.45, 2.75) is 32.2 Å². The molecule has 0 aliphatic carbocycles. The molecule has 0 fully saturated rings. The highest BCUT2D eigenvalue weighted by Gasteiger charge is 2.19. The van der Waals surface area contributed by atoms with E-state index in [4.69, 9.17) is 5.73 Å². The van der Waals surface area contributed by atoms with Crippen LogP contribution in [0.25, 0.3) is 0 Å². The van der Waals surface area contributed by atoms with Crippen LogP contribution in [0.4, 0.5) is 0 Å². The molecule has 4 nitrogen and oxygen atoms in total. The Balaban J connectivity index is 2.33. The van der Waals surface area contributed by atoms with E-state index in [0.717, 1.165) is 24.6 Å². The molecule has 1 aliphatic heterocycles. The molecule has 0 radical (unpaired) electrons. The summed E-state index contributed by atoms with van der Waals surface area (Å²) in [7, 11) is 0. The second kappa shape index (κ2) is 2.86. The molecular weight excluding hydrogens is 152 g/mol. The minimum absolute atomic E-state index is 0.337. The number of nitrogens with zero attached hydrogens (tertiary/aromatic N) is 3. The molecule has 0 amide bonds. The van der Waals surface area contributed by atoms with E-state index < -0.39 is 0 Å². The maximum absolute atomic E-state index is 5.58. The lowest BCUT2D eigenvalue weighted by molar-refractivity contribution is 0.622. The highest BCUT2D eigenvalue weighted by Crippen LogP contribution is 2.19. The van der Waals surface area contributed by atoms with E-state index in [2.05, 4.69) is 21.7 Å². The quantitative estimate of drug-likeness (QED) is 0.687. The van der Waals surface area contributed by atoms with E-state index in [1.807, 2.05) is 0 Å². The lowest BCUT2D eigenvalue weighted by Crippen LogP contribution is -2.14. The van der Waals surface area contributed by atoms with Gasteiger partial charge in [-0.05, 0) is 6.42 Å². The van der Waals surface area contributed by atoms with Crippen molar-refractivity contribution in [1.29, 1.82) is 0 Å². The Bertz CT molecular complexity index is 279. The highest BCUT2D eigenvalue weighted by molar-refractivity contribution is 5.04. The van der Waals surface area contributed by atoms with Gasteiger partial charge in [-0.15, -0.1) is 10.2 Å². The average molecular weight is 166 g/mol. The lowest BCUT2D eigenvalue weighted by Gasteiger charge is -2.07. The van der Waals surface area contributed by atoms with Crippen LogP contribution in [0.15, 0.2) is 0 Å². The Morgan fingerprint density at radius 2 is 2.42 bits per heavy atom. The third kappa shape index (κ3) is 1.03. The fourth-order valence-corrected chi connectivity index (χ4v) is 1.64. The predicted octanol–water partition coefficient (Wildman–Crippen LogP) is 0.286. The van der Waals surface area contributed by atoms with Crippen LogP contribution in [0, 0.1) is 0 Å². The van der Waals surface area contributed by atoms with Gasteiger partial charge in [0.2, 0.25) is 0 Å². The van der Waals surface area contributed by atoms with Crippen molar-refractivity contribution in [3.05, 3.63) is 11.6 Å². The van der Waals surface area contributed by atoms with Crippen molar-refractivity contribution >= 4 is 0 Å². The number of hydrogen-bond acceptors (Lipinski definition) is 3. The van der Waals surface area contributed by atoms with Gasteiger partial charge in [-0.3, -0.25) is 0 Å². The predicted molar refractivity (Wildman–Crippen MR) is 45.8 cm³/mol. The van der Waals surface area contributed by atoms with E-state index in [0.29, 0.717) is 12.5 Å². The first-order valence-electron chi connectivity index (χ1n) is 4.45. The van der Waals surface area contributed by atoms with E-state index >= 15 is 0 Å². The minimum atomic E-state index is 0.337. The molecule has 2 rings (SSSR count). The van der Waals surface area contributed by atoms with E-state index in [1.54, 1.807) is 0 Å². The first-order chi connectivity index (χ1) is 5.83. The molecule has 4 heteroatoms. The molecule has 0 aromatic carbocycles. The molecule has 0 bridgehead atoms. The summed E-state index contributed by atoms with van der Waals surface area (Å²) in [6, 6.07) is 0. The van der Waals surface area contributed by atoms with Gasteiger partial charge in [0.15, 0.2) is 0 Å². The number of aromatic nitrogens is 3. The summed E-state index contributed by atoms with van der Waals surface area (Å²) in [5.74, 6) is 2.53. The van der Waals surface area contributed by atoms with Gasteiger partial charge in [0.1, 0.15) is 11.6 Å². The normalized spacial score (nSPS) is 17.8. The molecule has 1 atom stereocenters. The van der Waals surface area contributed by atoms with Gasteiger partial charge < -0.3 is 10.3 Å². The monoisotopic (exact) mass is 166 g/mol. The topological polar surface area (TPSA) is 56.7 Å². The van der Waals surface area contributed by atoms with Gasteiger partial charge in [0.05, 0.1) is 0 Å². The molecule has 1 aromatic rings. The molecule has 0 saturated carbocycles. The fourth-order valence-electron chi connectivity index (χ4n) is 1.64. The summed E-state index contributed by atoms with van der Waals surface area (Å²) < 4.78 is 2.21. The average Bonchev–Trinajstić information content (AvgIpc) is 2.62. The summed E-state index contributed by atoms with van der Waals surface area (Å²) >= 11 is 0. The summed E-state index contributed by atoms with van der Waals surface area (Å²) in [6.07, 6.45) is 2.28. The molecule has 1 aromatic heterocycles. The molecule has 1 aliphatic rings. The van der Waals surface area contributed by atoms with Gasteiger partial charge in [0, 0.05) is 25.4 Å². The Kier molecular flexibility index (Phi) is 1.84.